The van der Waals surface area contributed by atoms with Crippen LogP contribution in [0.2, 0.25) is 0 Å². The van der Waals surface area contributed by atoms with Crippen molar-refractivity contribution in [3.63, 3.8) is 0 Å². The number of unbranched alkanes of at least 4 members (excludes halogenated alkanes) is 10. The van der Waals surface area contributed by atoms with Crippen molar-refractivity contribution in [1.82, 2.24) is 0 Å². The van der Waals surface area contributed by atoms with E-state index in [9.17, 15) is 9.59 Å². The summed E-state index contributed by atoms with van der Waals surface area (Å²) in [5.41, 5.74) is 5.07. The van der Waals surface area contributed by atoms with Gasteiger partial charge >= 0.3 is 5.97 Å². The molecule has 0 saturated heterocycles. The molecular formula is C17H35NO3. The van der Waals surface area contributed by atoms with Crippen molar-refractivity contribution in [1.29, 1.82) is 0 Å². The summed E-state index contributed by atoms with van der Waals surface area (Å²) in [6, 6.07) is 0. The maximum Gasteiger partial charge on any atom is 0.303 e. The lowest BCUT2D eigenvalue weighted by Crippen LogP contribution is -2.09. The minimum Gasteiger partial charge on any atom is -0.481 e. The summed E-state index contributed by atoms with van der Waals surface area (Å²) >= 11 is 0. The third kappa shape index (κ3) is 28.0. The molecule has 0 aliphatic rings. The lowest BCUT2D eigenvalue weighted by atomic mass is 10.1. The molecule has 0 radical (unpaired) electrons. The first-order chi connectivity index (χ1) is 10.0. The van der Waals surface area contributed by atoms with E-state index in [-0.39, 0.29) is 12.3 Å². The van der Waals surface area contributed by atoms with Gasteiger partial charge in [-0.05, 0) is 6.42 Å². The molecule has 0 aliphatic carbocycles. The molecule has 21 heavy (non-hydrogen) atoms. The Hall–Kier alpha value is -1.06. The van der Waals surface area contributed by atoms with Crippen molar-refractivity contribution in [3.05, 3.63) is 0 Å². The van der Waals surface area contributed by atoms with Crippen molar-refractivity contribution in [2.75, 3.05) is 0 Å². The van der Waals surface area contributed by atoms with Crippen molar-refractivity contribution in [2.45, 2.75) is 97.3 Å². The van der Waals surface area contributed by atoms with E-state index in [4.69, 9.17) is 10.8 Å². The van der Waals surface area contributed by atoms with E-state index in [1.54, 1.807) is 6.92 Å². The van der Waals surface area contributed by atoms with Crippen LogP contribution < -0.4 is 5.73 Å². The summed E-state index contributed by atoms with van der Waals surface area (Å²) in [5.74, 6) is -0.902. The van der Waals surface area contributed by atoms with Crippen LogP contribution in [0.5, 0.6) is 0 Å². The third-order valence-electron chi connectivity index (χ3n) is 3.33. The molecule has 0 aromatic carbocycles. The lowest BCUT2D eigenvalue weighted by molar-refractivity contribution is -0.136. The van der Waals surface area contributed by atoms with Crippen molar-refractivity contribution < 1.29 is 14.7 Å². The van der Waals surface area contributed by atoms with Gasteiger partial charge < -0.3 is 10.8 Å². The molecular weight excluding hydrogens is 266 g/mol. The quantitative estimate of drug-likeness (QED) is 0.486. The number of carboxylic acids is 1. The Kier molecular flexibility index (Phi) is 20.0. The Labute approximate surface area is 130 Å². The molecule has 0 aliphatic heterocycles. The first-order valence-corrected chi connectivity index (χ1v) is 8.54. The number of carboxylic acid groups (broad SMARTS) is 1. The number of nitrogens with two attached hydrogens (primary N) is 1. The molecule has 0 heterocycles. The number of rotatable bonds is 13. The van der Waals surface area contributed by atoms with Crippen LogP contribution in [0.4, 0.5) is 0 Å². The molecule has 0 fully saturated rings. The molecule has 0 rings (SSSR count). The number of aliphatic carboxylic acids is 1. The van der Waals surface area contributed by atoms with Gasteiger partial charge in [0.1, 0.15) is 0 Å². The molecule has 0 spiro atoms. The second kappa shape index (κ2) is 18.9. The summed E-state index contributed by atoms with van der Waals surface area (Å²) in [6.07, 6.45) is 15.2. The molecule has 1 amide bonds. The summed E-state index contributed by atoms with van der Waals surface area (Å²) in [6.45, 7) is 3.86. The van der Waals surface area contributed by atoms with Gasteiger partial charge in [-0.25, -0.2) is 0 Å². The molecule has 0 aromatic heterocycles. The van der Waals surface area contributed by atoms with Gasteiger partial charge in [-0.1, -0.05) is 78.1 Å². The van der Waals surface area contributed by atoms with Gasteiger partial charge in [0.05, 0.1) is 0 Å². The monoisotopic (exact) mass is 301 g/mol. The van der Waals surface area contributed by atoms with E-state index in [0.717, 1.165) is 6.42 Å². The van der Waals surface area contributed by atoms with E-state index >= 15 is 0 Å². The van der Waals surface area contributed by atoms with Crippen LogP contribution in [0.15, 0.2) is 0 Å². The minimum absolute atomic E-state index is 0.157. The van der Waals surface area contributed by atoms with E-state index in [1.165, 1.54) is 64.2 Å². The van der Waals surface area contributed by atoms with Crippen LogP contribution in [-0.4, -0.2) is 17.0 Å². The molecule has 3 N–H and O–H groups in total. The van der Waals surface area contributed by atoms with Crippen LogP contribution in [0.1, 0.15) is 97.3 Å². The van der Waals surface area contributed by atoms with E-state index in [0.29, 0.717) is 6.42 Å². The van der Waals surface area contributed by atoms with Crippen molar-refractivity contribution >= 4 is 11.9 Å². The van der Waals surface area contributed by atoms with Crippen LogP contribution in [-0.2, 0) is 9.59 Å². The lowest BCUT2D eigenvalue weighted by Gasteiger charge is -2.01. The zero-order valence-electron chi connectivity index (χ0n) is 14.0. The SMILES string of the molecule is CCC(=O)O.CCCCCCCCCCCCCC(N)=O. The van der Waals surface area contributed by atoms with Crippen LogP contribution >= 0.6 is 0 Å². The maximum absolute atomic E-state index is 10.5. The predicted octanol–water partition coefficient (Wildman–Crippen LogP) is 4.65. The first-order valence-electron chi connectivity index (χ1n) is 8.54. The van der Waals surface area contributed by atoms with Gasteiger partial charge in [0.2, 0.25) is 5.91 Å². The molecule has 126 valence electrons. The number of amides is 1. The number of hydrogen-bond donors (Lipinski definition) is 2. The van der Waals surface area contributed by atoms with Gasteiger partial charge in [-0.3, -0.25) is 9.59 Å². The second-order valence-corrected chi connectivity index (χ2v) is 5.50. The van der Waals surface area contributed by atoms with Crippen LogP contribution in [0.25, 0.3) is 0 Å². The summed E-state index contributed by atoms with van der Waals surface area (Å²) < 4.78 is 0. The highest BCUT2D eigenvalue weighted by atomic mass is 16.4. The predicted molar refractivity (Wildman–Crippen MR) is 88.2 cm³/mol. The molecule has 0 aromatic rings. The first kappa shape index (κ1) is 22.2. The standard InChI is InChI=1S/C14H29NO.C3H6O2/c1-2-3-4-5-6-7-8-9-10-11-12-13-14(15)16;1-2-3(4)5/h2-13H2,1H3,(H2,15,16);2H2,1H3,(H,4,5). The zero-order valence-corrected chi connectivity index (χ0v) is 14.0. The van der Waals surface area contributed by atoms with Gasteiger partial charge in [-0.2, -0.15) is 0 Å². The Morgan fingerprint density at radius 1 is 0.762 bits per heavy atom. The number of carbonyl (C=O) groups excluding carboxylic acids is 1. The Balaban J connectivity index is 0. The Morgan fingerprint density at radius 2 is 1.10 bits per heavy atom. The fraction of sp³-hybridized carbons (Fsp3) is 0.882. The molecule has 0 saturated carbocycles. The van der Waals surface area contributed by atoms with E-state index in [1.807, 2.05) is 0 Å². The molecule has 0 unspecified atom stereocenters. The highest BCUT2D eigenvalue weighted by Crippen LogP contribution is 2.11. The average molecular weight is 301 g/mol. The fourth-order valence-corrected chi connectivity index (χ4v) is 1.96. The number of primary amides is 1. The number of hydrogen-bond acceptors (Lipinski definition) is 2. The second-order valence-electron chi connectivity index (χ2n) is 5.50. The molecule has 0 atom stereocenters. The normalized spacial score (nSPS) is 9.81. The summed E-state index contributed by atoms with van der Waals surface area (Å²) in [4.78, 5) is 19.8. The third-order valence-corrected chi connectivity index (χ3v) is 3.33. The zero-order chi connectivity index (χ0) is 16.3. The average Bonchev–Trinajstić information content (AvgIpc) is 2.45. The topological polar surface area (TPSA) is 80.4 Å². The highest BCUT2D eigenvalue weighted by Gasteiger charge is 1.95. The van der Waals surface area contributed by atoms with Gasteiger partial charge in [0.25, 0.3) is 0 Å². The largest absolute Gasteiger partial charge is 0.481 e. The van der Waals surface area contributed by atoms with E-state index in [2.05, 4.69) is 6.92 Å². The van der Waals surface area contributed by atoms with Gasteiger partial charge in [-0.15, -0.1) is 0 Å². The smallest absolute Gasteiger partial charge is 0.303 e. The Bertz CT molecular complexity index is 242. The maximum atomic E-state index is 10.5. The van der Waals surface area contributed by atoms with Gasteiger partial charge in [0.15, 0.2) is 0 Å². The Morgan fingerprint density at radius 3 is 1.38 bits per heavy atom. The van der Waals surface area contributed by atoms with Gasteiger partial charge in [0, 0.05) is 12.8 Å². The minimum atomic E-state index is -0.745. The van der Waals surface area contributed by atoms with Crippen LogP contribution in [0.3, 0.4) is 0 Å². The van der Waals surface area contributed by atoms with E-state index < -0.39 is 5.97 Å². The summed E-state index contributed by atoms with van der Waals surface area (Å²) in [7, 11) is 0. The van der Waals surface area contributed by atoms with Crippen molar-refractivity contribution in [3.8, 4) is 0 Å². The fourth-order valence-electron chi connectivity index (χ4n) is 1.96. The van der Waals surface area contributed by atoms with Crippen LogP contribution in [0, 0.1) is 0 Å². The highest BCUT2D eigenvalue weighted by molar-refractivity contribution is 5.73. The molecule has 4 heteroatoms. The molecule has 4 nitrogen and oxygen atoms in total. The summed E-state index contributed by atoms with van der Waals surface area (Å²) in [5, 5.41) is 7.72. The molecule has 0 bridgehead atoms. The van der Waals surface area contributed by atoms with Crippen molar-refractivity contribution in [2.24, 2.45) is 5.73 Å². The number of carbonyl (C=O) groups is 2.